The quantitative estimate of drug-likeness (QED) is 0.0389. The lowest BCUT2D eigenvalue weighted by Crippen LogP contribution is -2.52. The molecule has 2 aliphatic rings. The highest BCUT2D eigenvalue weighted by molar-refractivity contribution is 5.99. The fourth-order valence-electron chi connectivity index (χ4n) is 7.86. The SMILES string of the molecule is CCOC(=O)CN.CCOC(=O)CNC(=O)c1ccccc1.Cl.Cl.O=C(NCC(=O)N1CCN(C(=O)c2ccccc2C(F)(F)F)CC1)c1ccccc1.O=C(O)CNC(=O)c1ccccc1.O=C(O)c1ccccc1.O=C(c1ccccc1C(F)(F)F)N1CCNCC1. The van der Waals surface area contributed by atoms with Crippen molar-refractivity contribution in [3.05, 3.63) is 214 Å². The van der Waals surface area contributed by atoms with Gasteiger partial charge in [0.15, 0.2) is 0 Å². The zero-order valence-corrected chi connectivity index (χ0v) is 52.5. The summed E-state index contributed by atoms with van der Waals surface area (Å²) < 4.78 is 87.0. The summed E-state index contributed by atoms with van der Waals surface area (Å²) in [4.78, 5) is 117. The standard InChI is InChI=1S/C21H20F3N3O3.C12H13F3N2O.C11H13NO3.C9H9NO3.C7H6O2.C4H9NO2.2ClH/c22-21(23,24)17-9-5-4-8-16(17)20(30)27-12-10-26(11-13-27)18(28)14-25-19(29)15-6-2-1-3-7-15;13-12(14,15)10-4-2-1-3-9(10)11(18)17-7-5-16-6-8-17;1-2-15-10(13)8-12-11(14)9-6-4-3-5-7-9;11-8(12)6-10-9(13)7-4-2-1-3-5-7;8-7(9)6-4-2-1-3-5-6;1-2-7-4(6)3-5;;/h1-9H,10-14H2,(H,25,29);1-4,16H,5-8H2;3-7H,2,8H2,1H3,(H,12,14);1-5H,6H2,(H,10,13)(H,11,12);1-5H,(H,8,9);2-3,5H2,1H3;2*1H. The molecule has 30 heteroatoms. The van der Waals surface area contributed by atoms with Gasteiger partial charge in [0, 0.05) is 69.0 Å². The van der Waals surface area contributed by atoms with Gasteiger partial charge in [-0.05, 0) is 86.6 Å². The van der Waals surface area contributed by atoms with E-state index < -0.39 is 58.8 Å². The molecule has 0 saturated carbocycles. The Labute approximate surface area is 550 Å². The van der Waals surface area contributed by atoms with E-state index in [1.807, 2.05) is 6.07 Å². The molecule has 0 bridgehead atoms. The first-order valence-electron chi connectivity index (χ1n) is 28.2. The fraction of sp³-hybridized carbons (Fsp3) is 0.281. The lowest BCUT2D eigenvalue weighted by molar-refractivity contribution is -0.142. The molecule has 8 rings (SSSR count). The van der Waals surface area contributed by atoms with Gasteiger partial charge in [0.05, 0.1) is 54.1 Å². The number of hydrogen-bond acceptors (Lipinski definition) is 14. The topological polar surface area (TPSA) is 313 Å². The van der Waals surface area contributed by atoms with Crippen LogP contribution in [0.5, 0.6) is 0 Å². The predicted molar refractivity (Wildman–Crippen MR) is 338 cm³/mol. The average molecular weight is 1360 g/mol. The highest BCUT2D eigenvalue weighted by Crippen LogP contribution is 2.33. The third kappa shape index (κ3) is 30.5. The number of esters is 2. The Balaban J connectivity index is 0.000000599. The van der Waals surface area contributed by atoms with E-state index in [0.717, 1.165) is 18.2 Å². The molecule has 0 atom stereocenters. The number of hydrogen-bond donors (Lipinski definition) is 7. The molecule has 0 aromatic heterocycles. The van der Waals surface area contributed by atoms with Gasteiger partial charge in [-0.1, -0.05) is 97.1 Å². The van der Waals surface area contributed by atoms with Crippen molar-refractivity contribution >= 4 is 84.1 Å². The summed E-state index contributed by atoms with van der Waals surface area (Å²) in [5, 5.41) is 27.0. The molecule has 6 aromatic carbocycles. The molecule has 6 aromatic rings. The van der Waals surface area contributed by atoms with Crippen LogP contribution in [0.1, 0.15) is 87.1 Å². The summed E-state index contributed by atoms with van der Waals surface area (Å²) in [5.41, 5.74) is 4.12. The Morgan fingerprint density at radius 3 is 1.10 bits per heavy atom. The van der Waals surface area contributed by atoms with Gasteiger partial charge in [-0.15, -0.1) is 24.8 Å². The van der Waals surface area contributed by atoms with Gasteiger partial charge < -0.3 is 61.4 Å². The number of amides is 6. The third-order valence-electron chi connectivity index (χ3n) is 12.3. The number of benzene rings is 6. The van der Waals surface area contributed by atoms with Gasteiger partial charge in [0.1, 0.15) is 13.1 Å². The summed E-state index contributed by atoms with van der Waals surface area (Å²) >= 11 is 0. The van der Waals surface area contributed by atoms with Gasteiger partial charge in [-0.2, -0.15) is 26.3 Å². The number of ether oxygens (including phenoxy) is 2. The third-order valence-corrected chi connectivity index (χ3v) is 12.3. The van der Waals surface area contributed by atoms with Crippen LogP contribution in [0.15, 0.2) is 170 Å². The minimum atomic E-state index is -4.62. The van der Waals surface area contributed by atoms with E-state index in [4.69, 9.17) is 15.9 Å². The van der Waals surface area contributed by atoms with Gasteiger partial charge >= 0.3 is 36.2 Å². The zero-order chi connectivity index (χ0) is 68.1. The molecule has 2 fully saturated rings. The minimum Gasteiger partial charge on any atom is -0.480 e. The van der Waals surface area contributed by atoms with Crippen LogP contribution in [0.25, 0.3) is 0 Å². The number of nitrogens with one attached hydrogen (secondary N) is 4. The van der Waals surface area contributed by atoms with E-state index in [9.17, 15) is 74.3 Å². The van der Waals surface area contributed by atoms with Gasteiger partial charge in [-0.3, -0.25) is 43.2 Å². The number of rotatable bonds is 15. The number of carbonyl (C=O) groups excluding carboxylic acids is 8. The van der Waals surface area contributed by atoms with Gasteiger partial charge in [0.25, 0.3) is 29.5 Å². The van der Waals surface area contributed by atoms with E-state index in [-0.39, 0.29) is 112 Å². The number of carbonyl (C=O) groups is 10. The molecular weight excluding hydrogens is 1290 g/mol. The number of aliphatic carboxylic acids is 1. The van der Waals surface area contributed by atoms with Crippen molar-refractivity contribution in [2.24, 2.45) is 5.73 Å². The summed E-state index contributed by atoms with van der Waals surface area (Å²) in [6.45, 7) is 6.21. The number of nitrogens with zero attached hydrogens (tertiary/aromatic N) is 3. The highest BCUT2D eigenvalue weighted by atomic mass is 35.5. The Morgan fingerprint density at radius 2 is 0.766 bits per heavy atom. The minimum absolute atomic E-state index is 0. The molecule has 0 unspecified atom stereocenters. The van der Waals surface area contributed by atoms with E-state index in [0.29, 0.717) is 61.6 Å². The first-order chi connectivity index (χ1) is 43.8. The molecule has 0 spiro atoms. The molecule has 0 radical (unpaired) electrons. The smallest absolute Gasteiger partial charge is 0.417 e. The van der Waals surface area contributed by atoms with Crippen LogP contribution < -0.4 is 27.0 Å². The number of halogens is 8. The summed E-state index contributed by atoms with van der Waals surface area (Å²) in [5.74, 6) is -5.31. The van der Waals surface area contributed by atoms with Gasteiger partial charge in [-0.25, -0.2) is 4.79 Å². The molecular formula is C64H72Cl2F6N8O14. The van der Waals surface area contributed by atoms with E-state index in [2.05, 4.69) is 30.7 Å². The van der Waals surface area contributed by atoms with E-state index in [1.54, 1.807) is 129 Å². The number of piperazine rings is 2. The van der Waals surface area contributed by atoms with Crippen LogP contribution >= 0.6 is 24.8 Å². The lowest BCUT2D eigenvalue weighted by atomic mass is 10.1. The fourth-order valence-corrected chi connectivity index (χ4v) is 7.86. The molecule has 508 valence electrons. The Hall–Kier alpha value is -9.90. The number of alkyl halides is 6. The van der Waals surface area contributed by atoms with Crippen LogP contribution in [0.4, 0.5) is 26.3 Å². The first kappa shape index (κ1) is 82.1. The molecule has 2 heterocycles. The molecule has 8 N–H and O–H groups in total. The van der Waals surface area contributed by atoms with Crippen molar-refractivity contribution in [2.45, 2.75) is 26.2 Å². The monoisotopic (exact) mass is 1360 g/mol. The second kappa shape index (κ2) is 43.8. The maximum Gasteiger partial charge on any atom is 0.417 e. The van der Waals surface area contributed by atoms with Crippen molar-refractivity contribution in [2.75, 3.05) is 91.8 Å². The van der Waals surface area contributed by atoms with Crippen LogP contribution in [0.3, 0.4) is 0 Å². The van der Waals surface area contributed by atoms with Crippen LogP contribution in [-0.4, -0.2) is 176 Å². The van der Waals surface area contributed by atoms with Crippen LogP contribution in [0, 0.1) is 0 Å². The van der Waals surface area contributed by atoms with E-state index >= 15 is 0 Å². The summed E-state index contributed by atoms with van der Waals surface area (Å²) in [6.07, 6.45) is -9.12. The largest absolute Gasteiger partial charge is 0.480 e. The van der Waals surface area contributed by atoms with Crippen molar-refractivity contribution in [1.82, 2.24) is 36.0 Å². The Kier molecular flexibility index (Phi) is 38.3. The molecule has 0 aliphatic carbocycles. The maximum absolute atomic E-state index is 13.2. The number of aromatic carboxylic acids is 1. The second-order valence-electron chi connectivity index (χ2n) is 18.8. The molecule has 6 amide bonds. The summed E-state index contributed by atoms with van der Waals surface area (Å²) in [6, 6.07) is 43.5. The molecule has 2 aliphatic heterocycles. The second-order valence-corrected chi connectivity index (χ2v) is 18.8. The Morgan fingerprint density at radius 1 is 0.447 bits per heavy atom. The molecule has 94 heavy (non-hydrogen) atoms. The maximum atomic E-state index is 13.2. The lowest BCUT2D eigenvalue weighted by Gasteiger charge is -2.35. The summed E-state index contributed by atoms with van der Waals surface area (Å²) in [7, 11) is 0. The first-order valence-corrected chi connectivity index (χ1v) is 28.2. The van der Waals surface area contributed by atoms with Crippen molar-refractivity contribution in [3.63, 3.8) is 0 Å². The number of nitrogens with two attached hydrogens (primary N) is 1. The van der Waals surface area contributed by atoms with Crippen molar-refractivity contribution < 1.29 is 94.0 Å². The van der Waals surface area contributed by atoms with Crippen molar-refractivity contribution in [1.29, 1.82) is 0 Å². The highest BCUT2D eigenvalue weighted by Gasteiger charge is 2.38. The predicted octanol–water partition coefficient (Wildman–Crippen LogP) is 7.39. The van der Waals surface area contributed by atoms with Crippen molar-refractivity contribution in [3.8, 4) is 0 Å². The van der Waals surface area contributed by atoms with Crippen LogP contribution in [0.2, 0.25) is 0 Å². The van der Waals surface area contributed by atoms with Gasteiger partial charge in [0.2, 0.25) is 5.91 Å². The molecule has 22 nitrogen and oxygen atoms in total. The number of carboxylic acid groups (broad SMARTS) is 2. The number of carboxylic acids is 2. The Bertz CT molecular complexity index is 3330. The zero-order valence-electron chi connectivity index (χ0n) is 50.9. The molecule has 2 saturated heterocycles. The normalized spacial score (nSPS) is 12.0. The van der Waals surface area contributed by atoms with E-state index in [1.165, 1.54) is 45.0 Å². The average Bonchev–Trinajstić information content (AvgIpc) is 0.855. The van der Waals surface area contributed by atoms with Crippen LogP contribution in [-0.2, 0) is 41.0 Å².